The van der Waals surface area contributed by atoms with Gasteiger partial charge in [-0.1, -0.05) is 6.07 Å². The van der Waals surface area contributed by atoms with E-state index >= 15 is 0 Å². The summed E-state index contributed by atoms with van der Waals surface area (Å²) in [5.41, 5.74) is 1.69. The molecule has 1 aromatic carbocycles. The highest BCUT2D eigenvalue weighted by Crippen LogP contribution is 2.43. The minimum absolute atomic E-state index is 0.0157. The molecule has 11 heteroatoms. The predicted molar refractivity (Wildman–Crippen MR) is 136 cm³/mol. The van der Waals surface area contributed by atoms with E-state index in [1.165, 1.54) is 28.1 Å². The van der Waals surface area contributed by atoms with Crippen LogP contribution < -0.4 is 9.80 Å². The van der Waals surface area contributed by atoms with E-state index in [2.05, 4.69) is 15.0 Å². The number of benzene rings is 1. The van der Waals surface area contributed by atoms with Crippen LogP contribution >= 0.6 is 0 Å². The van der Waals surface area contributed by atoms with Crippen molar-refractivity contribution in [3.8, 4) is 11.1 Å². The highest BCUT2D eigenvalue weighted by Gasteiger charge is 2.37. The van der Waals surface area contributed by atoms with Crippen molar-refractivity contribution in [1.29, 1.82) is 0 Å². The molecule has 0 spiro atoms. The first-order valence-electron chi connectivity index (χ1n) is 12.1. The molecule has 1 saturated heterocycles. The smallest absolute Gasteiger partial charge is 0.378 e. The van der Waals surface area contributed by atoms with Crippen molar-refractivity contribution >= 4 is 34.3 Å². The van der Waals surface area contributed by atoms with Crippen molar-refractivity contribution < 1.29 is 22.7 Å². The summed E-state index contributed by atoms with van der Waals surface area (Å²) in [6.45, 7) is 2.78. The number of urea groups is 1. The average Bonchev–Trinajstić information content (AvgIpc) is 2.93. The number of anilines is 3. The first-order valence-corrected chi connectivity index (χ1v) is 12.1. The number of hydrogen-bond acceptors (Lipinski definition) is 6. The quantitative estimate of drug-likeness (QED) is 0.367. The third-order valence-electron chi connectivity index (χ3n) is 6.78. The molecule has 0 unspecified atom stereocenters. The number of carbonyl (C=O) groups excluding carboxylic acids is 1. The Morgan fingerprint density at radius 2 is 1.79 bits per heavy atom. The number of pyridine rings is 3. The molecule has 0 saturated carbocycles. The Bertz CT molecular complexity index is 1520. The van der Waals surface area contributed by atoms with E-state index in [4.69, 9.17) is 4.74 Å². The molecule has 3 aromatic heterocycles. The molecule has 0 aliphatic carbocycles. The molecule has 2 aliphatic heterocycles. The number of ether oxygens (including phenoxy) is 1. The first kappa shape index (κ1) is 24.1. The van der Waals surface area contributed by atoms with Gasteiger partial charge in [0.15, 0.2) is 0 Å². The van der Waals surface area contributed by atoms with E-state index in [1.54, 1.807) is 43.7 Å². The van der Waals surface area contributed by atoms with Crippen molar-refractivity contribution in [2.75, 3.05) is 43.2 Å². The molecule has 0 N–H and O–H groups in total. The van der Waals surface area contributed by atoms with Gasteiger partial charge in [0.25, 0.3) is 0 Å². The Kier molecular flexibility index (Phi) is 5.87. The zero-order valence-corrected chi connectivity index (χ0v) is 20.4. The monoisotopic (exact) mass is 520 g/mol. The summed E-state index contributed by atoms with van der Waals surface area (Å²) in [5, 5.41) is 0. The normalized spacial score (nSPS) is 16.2. The van der Waals surface area contributed by atoms with Gasteiger partial charge in [0.05, 0.1) is 42.2 Å². The molecule has 6 rings (SSSR count). The van der Waals surface area contributed by atoms with Crippen LogP contribution in [0.15, 0.2) is 61.1 Å². The standard InChI is InChI=1S/C27H23F3N6O2/c1-34-16-18-15-32-22-3-2-8-31-24(22)25(18)36(26(34)37)19-5-6-20(21(13-19)27(28,29)30)17-4-7-23(33-14-17)35-9-11-38-12-10-35/h2-8,13-15H,9-12,16H2,1H3. The number of hydrogen-bond donors (Lipinski definition) is 0. The Morgan fingerprint density at radius 3 is 2.53 bits per heavy atom. The molecule has 194 valence electrons. The second kappa shape index (κ2) is 9.25. The van der Waals surface area contributed by atoms with Crippen LogP contribution in [0.25, 0.3) is 22.2 Å². The Morgan fingerprint density at radius 1 is 0.974 bits per heavy atom. The van der Waals surface area contributed by atoms with Gasteiger partial charge in [0.1, 0.15) is 11.3 Å². The Hall–Kier alpha value is -4.25. The number of carbonyl (C=O) groups is 1. The molecule has 38 heavy (non-hydrogen) atoms. The fourth-order valence-electron chi connectivity index (χ4n) is 4.92. The number of alkyl halides is 3. The number of fused-ring (bicyclic) bond motifs is 3. The van der Waals surface area contributed by atoms with Crippen LogP contribution in [0.1, 0.15) is 11.1 Å². The third kappa shape index (κ3) is 4.18. The van der Waals surface area contributed by atoms with E-state index in [9.17, 15) is 18.0 Å². The SMILES string of the molecule is CN1Cc2cnc3cccnc3c2N(c2ccc(-c3ccc(N4CCOCC4)nc3)c(C(F)(F)F)c2)C1=O. The van der Waals surface area contributed by atoms with Gasteiger partial charge in [0, 0.05) is 49.9 Å². The number of nitrogens with zero attached hydrogens (tertiary/aromatic N) is 6. The van der Waals surface area contributed by atoms with Crippen molar-refractivity contribution in [2.24, 2.45) is 0 Å². The molecular formula is C27H23F3N6O2. The van der Waals surface area contributed by atoms with Gasteiger partial charge in [0.2, 0.25) is 0 Å². The maximum atomic E-state index is 14.4. The summed E-state index contributed by atoms with van der Waals surface area (Å²) in [4.78, 5) is 31.3. The summed E-state index contributed by atoms with van der Waals surface area (Å²) in [6, 6.07) is 10.3. The summed E-state index contributed by atoms with van der Waals surface area (Å²) >= 11 is 0. The Labute approximate surface area is 216 Å². The van der Waals surface area contributed by atoms with Gasteiger partial charge in [-0.3, -0.25) is 14.9 Å². The number of morpholine rings is 1. The zero-order chi connectivity index (χ0) is 26.4. The summed E-state index contributed by atoms with van der Waals surface area (Å²) < 4.78 is 48.5. The topological polar surface area (TPSA) is 74.7 Å². The van der Waals surface area contributed by atoms with Crippen molar-refractivity contribution in [1.82, 2.24) is 19.9 Å². The molecule has 0 radical (unpaired) electrons. The van der Waals surface area contributed by atoms with Gasteiger partial charge in [-0.05, 0) is 42.0 Å². The maximum absolute atomic E-state index is 14.4. The van der Waals surface area contributed by atoms with E-state index in [0.717, 1.165) is 6.07 Å². The van der Waals surface area contributed by atoms with Gasteiger partial charge >= 0.3 is 12.2 Å². The van der Waals surface area contributed by atoms with Crippen LogP contribution in [0, 0.1) is 0 Å². The molecule has 4 aromatic rings. The lowest BCUT2D eigenvalue weighted by Crippen LogP contribution is -2.42. The van der Waals surface area contributed by atoms with E-state index in [0.29, 0.717) is 60.0 Å². The molecule has 1 fully saturated rings. The van der Waals surface area contributed by atoms with Crippen LogP contribution in [0.3, 0.4) is 0 Å². The minimum atomic E-state index is -4.67. The van der Waals surface area contributed by atoms with Gasteiger partial charge < -0.3 is 14.5 Å². The van der Waals surface area contributed by atoms with Crippen molar-refractivity contribution in [3.05, 3.63) is 72.2 Å². The minimum Gasteiger partial charge on any atom is -0.378 e. The van der Waals surface area contributed by atoms with E-state index in [-0.39, 0.29) is 17.8 Å². The summed E-state index contributed by atoms with van der Waals surface area (Å²) in [6.07, 6.45) is -0.00722. The van der Waals surface area contributed by atoms with Crippen molar-refractivity contribution in [2.45, 2.75) is 12.7 Å². The lowest BCUT2D eigenvalue weighted by Gasteiger charge is -2.35. The molecular weight excluding hydrogens is 497 g/mol. The molecule has 0 atom stereocenters. The van der Waals surface area contributed by atoms with Gasteiger partial charge in [-0.15, -0.1) is 0 Å². The predicted octanol–water partition coefficient (Wildman–Crippen LogP) is 5.25. The zero-order valence-electron chi connectivity index (χ0n) is 20.4. The average molecular weight is 521 g/mol. The van der Waals surface area contributed by atoms with Crippen LogP contribution in [0.4, 0.5) is 35.2 Å². The van der Waals surface area contributed by atoms with Crippen LogP contribution in [-0.2, 0) is 17.5 Å². The fraction of sp³-hybridized carbons (Fsp3) is 0.259. The first-order chi connectivity index (χ1) is 18.3. The third-order valence-corrected chi connectivity index (χ3v) is 6.78. The second-order valence-corrected chi connectivity index (χ2v) is 9.21. The number of rotatable bonds is 3. The number of halogens is 3. The van der Waals surface area contributed by atoms with E-state index in [1.807, 2.05) is 4.90 Å². The van der Waals surface area contributed by atoms with Gasteiger partial charge in [-0.25, -0.2) is 9.78 Å². The highest BCUT2D eigenvalue weighted by molar-refractivity contribution is 6.08. The number of aromatic nitrogens is 3. The van der Waals surface area contributed by atoms with Gasteiger partial charge in [-0.2, -0.15) is 13.2 Å². The van der Waals surface area contributed by atoms with Crippen molar-refractivity contribution in [3.63, 3.8) is 0 Å². The molecule has 5 heterocycles. The summed E-state index contributed by atoms with van der Waals surface area (Å²) in [7, 11) is 1.60. The largest absolute Gasteiger partial charge is 0.417 e. The fourth-order valence-corrected chi connectivity index (χ4v) is 4.92. The summed E-state index contributed by atoms with van der Waals surface area (Å²) in [5.74, 6) is 0.689. The lowest BCUT2D eigenvalue weighted by atomic mass is 9.98. The van der Waals surface area contributed by atoms with E-state index < -0.39 is 17.8 Å². The van der Waals surface area contributed by atoms with Crippen LogP contribution in [0.2, 0.25) is 0 Å². The molecule has 8 nitrogen and oxygen atoms in total. The Balaban J connectivity index is 1.45. The molecule has 2 amide bonds. The molecule has 0 bridgehead atoms. The maximum Gasteiger partial charge on any atom is 0.417 e. The molecule has 2 aliphatic rings. The highest BCUT2D eigenvalue weighted by atomic mass is 19.4. The number of amides is 2. The second-order valence-electron chi connectivity index (χ2n) is 9.21. The lowest BCUT2D eigenvalue weighted by molar-refractivity contribution is -0.137. The van der Waals surface area contributed by atoms with Crippen LogP contribution in [0.5, 0.6) is 0 Å². The van der Waals surface area contributed by atoms with Crippen LogP contribution in [-0.4, -0.2) is 59.2 Å².